The number of hydrogen-bond acceptors (Lipinski definition) is 5. The van der Waals surface area contributed by atoms with Gasteiger partial charge in [0.1, 0.15) is 5.82 Å². The molecular weight excluding hydrogens is 377 g/mol. The first-order chi connectivity index (χ1) is 13.9. The predicted octanol–water partition coefficient (Wildman–Crippen LogP) is 1.71. The standard InChI is InChI=1S/C20H18FN5O3/c1-13-5-7-16(8-6-13)24-9-10-25-18(28)19(29)26(23-20(24)25)12-17(27)22-15-4-2-3-14(21)11-15/h2-8,11,20H,9-10,12H2,1H3/p+1. The Kier molecular flexibility index (Phi) is 4.79. The van der Waals surface area contributed by atoms with E-state index in [4.69, 9.17) is 0 Å². The van der Waals surface area contributed by atoms with E-state index in [1.165, 1.54) is 23.1 Å². The minimum atomic E-state index is -0.860. The van der Waals surface area contributed by atoms with E-state index >= 15 is 0 Å². The highest BCUT2D eigenvalue weighted by Crippen LogP contribution is 2.27. The molecule has 2 aliphatic heterocycles. The third-order valence-electron chi connectivity index (χ3n) is 4.83. The van der Waals surface area contributed by atoms with Gasteiger partial charge in [0, 0.05) is 29.6 Å². The number of nitrogens with one attached hydrogen (secondary N) is 1. The van der Waals surface area contributed by atoms with Crippen LogP contribution in [0.15, 0.2) is 53.6 Å². The lowest BCUT2D eigenvalue weighted by Gasteiger charge is -2.27. The zero-order chi connectivity index (χ0) is 20.5. The van der Waals surface area contributed by atoms with Crippen LogP contribution in [0.2, 0.25) is 0 Å². The summed E-state index contributed by atoms with van der Waals surface area (Å²) in [6.45, 7) is 2.44. The van der Waals surface area contributed by atoms with Crippen molar-refractivity contribution in [2.75, 3.05) is 29.9 Å². The molecule has 2 aromatic carbocycles. The van der Waals surface area contributed by atoms with Crippen LogP contribution >= 0.6 is 0 Å². The number of hydrogen-bond donors (Lipinski definition) is 1. The summed E-state index contributed by atoms with van der Waals surface area (Å²) in [6, 6.07) is 13.2. The molecule has 0 aliphatic carbocycles. The monoisotopic (exact) mass is 396 g/mol. The van der Waals surface area contributed by atoms with Crippen LogP contribution in [0.1, 0.15) is 5.56 Å². The van der Waals surface area contributed by atoms with Gasteiger partial charge < -0.3 is 10.2 Å². The van der Waals surface area contributed by atoms with Crippen LogP contribution in [0.5, 0.6) is 0 Å². The molecule has 148 valence electrons. The first-order valence-electron chi connectivity index (χ1n) is 9.14. The van der Waals surface area contributed by atoms with Crippen molar-refractivity contribution in [3.63, 3.8) is 0 Å². The lowest BCUT2D eigenvalue weighted by Crippen LogP contribution is -2.52. The molecular formula is C20H19FN5O3+. The van der Waals surface area contributed by atoms with Gasteiger partial charge in [-0.1, -0.05) is 23.8 Å². The molecule has 0 radical (unpaired) electrons. The third kappa shape index (κ3) is 3.71. The Bertz CT molecular complexity index is 1020. The molecule has 1 N–H and O–H groups in total. The maximum atomic E-state index is 13.3. The van der Waals surface area contributed by atoms with Gasteiger partial charge in [-0.15, -0.1) is 0 Å². The summed E-state index contributed by atoms with van der Waals surface area (Å²) in [6.07, 6.45) is -0.690. The fraction of sp³-hybridized carbons (Fsp3) is 0.250. The number of anilines is 2. The Labute approximate surface area is 166 Å². The van der Waals surface area contributed by atoms with E-state index in [0.29, 0.717) is 13.1 Å². The van der Waals surface area contributed by atoms with Crippen molar-refractivity contribution < 1.29 is 23.5 Å². The molecule has 0 saturated carbocycles. The summed E-state index contributed by atoms with van der Waals surface area (Å²) in [4.78, 5) is 40.5. The molecule has 1 fully saturated rings. The fourth-order valence-corrected chi connectivity index (χ4v) is 3.37. The molecule has 1 unspecified atom stereocenters. The summed E-state index contributed by atoms with van der Waals surface area (Å²) < 4.78 is 14.2. The quantitative estimate of drug-likeness (QED) is 0.630. The van der Waals surface area contributed by atoms with Gasteiger partial charge in [-0.2, -0.15) is 0 Å². The Hall–Kier alpha value is -3.62. The van der Waals surface area contributed by atoms with Crippen molar-refractivity contribution in [2.45, 2.75) is 13.2 Å². The first-order valence-corrected chi connectivity index (χ1v) is 9.14. The Balaban J connectivity index is 1.55. The average Bonchev–Trinajstić information content (AvgIpc) is 3.10. The zero-order valence-corrected chi connectivity index (χ0v) is 15.7. The number of rotatable bonds is 4. The lowest BCUT2D eigenvalue weighted by molar-refractivity contribution is -0.509. The number of halogens is 1. The summed E-state index contributed by atoms with van der Waals surface area (Å²) in [7, 11) is 0. The second-order valence-electron chi connectivity index (χ2n) is 6.91. The average molecular weight is 396 g/mol. The molecule has 1 saturated heterocycles. The number of fused-ring (bicyclic) bond motifs is 1. The van der Waals surface area contributed by atoms with Crippen molar-refractivity contribution in [3.8, 4) is 0 Å². The molecule has 3 amide bonds. The first kappa shape index (κ1) is 18.7. The van der Waals surface area contributed by atoms with Gasteiger partial charge >= 0.3 is 11.8 Å². The minimum Gasteiger partial charge on any atom is -0.326 e. The molecule has 2 heterocycles. The molecule has 0 bridgehead atoms. The van der Waals surface area contributed by atoms with Crippen LogP contribution in [0.4, 0.5) is 15.8 Å². The van der Waals surface area contributed by atoms with Crippen LogP contribution in [0, 0.1) is 12.7 Å². The molecule has 2 aliphatic rings. The van der Waals surface area contributed by atoms with Gasteiger partial charge in [0.2, 0.25) is 0 Å². The molecule has 9 heteroatoms. The van der Waals surface area contributed by atoms with E-state index < -0.39 is 36.4 Å². The summed E-state index contributed by atoms with van der Waals surface area (Å²) in [5.41, 5.74) is 2.24. The number of carbonyl (C=O) groups is 3. The van der Waals surface area contributed by atoms with Crippen LogP contribution in [0.3, 0.4) is 0 Å². The van der Waals surface area contributed by atoms with Crippen molar-refractivity contribution in [1.82, 2.24) is 4.90 Å². The van der Waals surface area contributed by atoms with E-state index in [1.807, 2.05) is 36.1 Å². The van der Waals surface area contributed by atoms with Crippen LogP contribution in [0.25, 0.3) is 0 Å². The third-order valence-corrected chi connectivity index (χ3v) is 4.83. The fourth-order valence-electron chi connectivity index (χ4n) is 3.37. The molecule has 4 rings (SSSR count). The Morgan fingerprint density at radius 3 is 2.62 bits per heavy atom. The molecule has 29 heavy (non-hydrogen) atoms. The van der Waals surface area contributed by atoms with E-state index in [1.54, 1.807) is 0 Å². The SMILES string of the molecule is Cc1ccc(N2CCN3C(=O)C(=O)[N+](CC(=O)Nc4cccc(F)c4)=NC32)cc1. The topological polar surface area (TPSA) is 85.1 Å². The lowest BCUT2D eigenvalue weighted by atomic mass is 10.2. The number of azo groups is 2. The van der Waals surface area contributed by atoms with Crippen LogP contribution < -0.4 is 10.2 Å². The van der Waals surface area contributed by atoms with Crippen LogP contribution in [-0.4, -0.2) is 53.2 Å². The van der Waals surface area contributed by atoms with Gasteiger partial charge in [-0.25, -0.2) is 9.18 Å². The second-order valence-corrected chi connectivity index (χ2v) is 6.91. The Morgan fingerprint density at radius 2 is 1.90 bits per heavy atom. The molecule has 2 aromatic rings. The van der Waals surface area contributed by atoms with E-state index in [9.17, 15) is 18.8 Å². The summed E-state index contributed by atoms with van der Waals surface area (Å²) in [5.74, 6) is -2.62. The van der Waals surface area contributed by atoms with Crippen molar-refractivity contribution >= 4 is 29.1 Å². The number of aryl methyl sites for hydroxylation is 1. The van der Waals surface area contributed by atoms with Crippen molar-refractivity contribution in [2.24, 2.45) is 5.11 Å². The number of nitrogens with zero attached hydrogens (tertiary/aromatic N) is 4. The maximum Gasteiger partial charge on any atom is 0.502 e. The zero-order valence-electron chi connectivity index (χ0n) is 15.7. The van der Waals surface area contributed by atoms with E-state index in [0.717, 1.165) is 22.0 Å². The summed E-state index contributed by atoms with van der Waals surface area (Å²) in [5, 5.41) is 6.84. The van der Waals surface area contributed by atoms with E-state index in [-0.39, 0.29) is 5.69 Å². The van der Waals surface area contributed by atoms with E-state index in [2.05, 4.69) is 10.4 Å². The van der Waals surface area contributed by atoms with Crippen molar-refractivity contribution in [3.05, 3.63) is 59.9 Å². The number of carbonyl (C=O) groups excluding carboxylic acids is 3. The normalized spacial score (nSPS) is 18.6. The number of benzene rings is 2. The highest BCUT2D eigenvalue weighted by molar-refractivity contribution is 6.32. The van der Waals surface area contributed by atoms with Gasteiger partial charge in [-0.3, -0.25) is 14.5 Å². The molecule has 1 atom stereocenters. The van der Waals surface area contributed by atoms with Crippen molar-refractivity contribution in [1.29, 1.82) is 0 Å². The number of amides is 3. The maximum absolute atomic E-state index is 13.3. The molecule has 8 nitrogen and oxygen atoms in total. The highest BCUT2D eigenvalue weighted by atomic mass is 19.1. The predicted molar refractivity (Wildman–Crippen MR) is 102 cm³/mol. The van der Waals surface area contributed by atoms with Gasteiger partial charge in [-0.05, 0) is 42.0 Å². The van der Waals surface area contributed by atoms with Gasteiger partial charge in [0.25, 0.3) is 18.7 Å². The summed E-state index contributed by atoms with van der Waals surface area (Å²) >= 11 is 0. The molecule has 0 aromatic heterocycles. The largest absolute Gasteiger partial charge is 0.502 e. The second kappa shape index (κ2) is 7.42. The van der Waals surface area contributed by atoms with Gasteiger partial charge in [0.05, 0.1) is 0 Å². The molecule has 0 spiro atoms. The Morgan fingerprint density at radius 1 is 1.17 bits per heavy atom. The van der Waals surface area contributed by atoms with Crippen LogP contribution in [-0.2, 0) is 14.4 Å². The highest BCUT2D eigenvalue weighted by Gasteiger charge is 2.49. The minimum absolute atomic E-state index is 0.259. The van der Waals surface area contributed by atoms with Gasteiger partial charge in [0.15, 0.2) is 0 Å². The smallest absolute Gasteiger partial charge is 0.326 e.